The maximum absolute atomic E-state index is 13.4. The van der Waals surface area contributed by atoms with Gasteiger partial charge in [-0.15, -0.1) is 0 Å². The molecule has 2 aromatic carbocycles. The number of carbonyl (C=O) groups excluding carboxylic acids is 2. The summed E-state index contributed by atoms with van der Waals surface area (Å²) < 4.78 is 34.7. The Labute approximate surface area is 232 Å². The average Bonchev–Trinajstić information content (AvgIpc) is 3.39. The van der Waals surface area contributed by atoms with E-state index in [0.717, 1.165) is 5.56 Å². The number of ether oxygens (including phenoxy) is 1. The van der Waals surface area contributed by atoms with Gasteiger partial charge in [-0.1, -0.05) is 29.8 Å². The molecule has 0 fully saturated rings. The second-order valence-corrected chi connectivity index (χ2v) is 11.1. The summed E-state index contributed by atoms with van der Waals surface area (Å²) >= 11 is 0. The van der Waals surface area contributed by atoms with Crippen LogP contribution in [0, 0.1) is 20.8 Å². The fraction of sp³-hybridized carbons (Fsp3) is 0.286. The van der Waals surface area contributed by atoms with Gasteiger partial charge in [-0.2, -0.15) is 9.82 Å². The molecule has 1 amide bonds. The molecular weight excluding hydrogens is 532 g/mol. The third kappa shape index (κ3) is 7.01. The molecule has 210 valence electrons. The molecule has 0 saturated carbocycles. The Balaban J connectivity index is 1.46. The van der Waals surface area contributed by atoms with Crippen molar-refractivity contribution in [3.8, 4) is 0 Å². The lowest BCUT2D eigenvalue weighted by Gasteiger charge is -2.20. The molecule has 4 aromatic rings. The number of nitrogens with one attached hydrogen (secondary N) is 4. The largest absolute Gasteiger partial charge is 0.464 e. The number of rotatable bonds is 12. The van der Waals surface area contributed by atoms with Crippen molar-refractivity contribution >= 4 is 38.6 Å². The first-order valence-electron chi connectivity index (χ1n) is 12.8. The van der Waals surface area contributed by atoms with Crippen LogP contribution >= 0.6 is 0 Å². The second-order valence-electron chi connectivity index (χ2n) is 9.41. The van der Waals surface area contributed by atoms with Gasteiger partial charge < -0.3 is 15.4 Å². The number of H-pyrrole nitrogens is 1. The second kappa shape index (κ2) is 12.7. The molecule has 0 aliphatic heterocycles. The van der Waals surface area contributed by atoms with Gasteiger partial charge in [-0.05, 0) is 62.6 Å². The number of fused-ring (bicyclic) bond motifs is 1. The number of nitrogens with zero attached hydrogens (tertiary/aromatic N) is 2. The van der Waals surface area contributed by atoms with Crippen molar-refractivity contribution in [3.63, 3.8) is 0 Å². The minimum atomic E-state index is -4.13. The lowest BCUT2D eigenvalue weighted by molar-refractivity contribution is -0.145. The third-order valence-electron chi connectivity index (χ3n) is 6.19. The van der Waals surface area contributed by atoms with E-state index in [1.807, 2.05) is 25.1 Å². The standard InChI is InChI=1S/C28H32N6O5S/c1-18-14-19(2)26(20(3)15-18)40(37,38)34-24(28(36)39-13-7-12-30-25-10-4-5-11-29-25)17-31-27(35)21-8-6-9-23-22(21)16-32-33-23/h4-6,8-11,14-16,24,34H,7,12-13,17H2,1-3H3,(H,29,30)(H,31,35)(H,32,33). The number of aromatic amines is 1. The van der Waals surface area contributed by atoms with Gasteiger partial charge in [0.15, 0.2) is 0 Å². The Bertz CT molecular complexity index is 1580. The van der Waals surface area contributed by atoms with Crippen LogP contribution in [0.15, 0.2) is 65.8 Å². The van der Waals surface area contributed by atoms with Crippen LogP contribution in [-0.2, 0) is 19.6 Å². The summed E-state index contributed by atoms with van der Waals surface area (Å²) in [5, 5.41) is 13.1. The minimum absolute atomic E-state index is 0.0434. The van der Waals surface area contributed by atoms with Crippen LogP contribution in [0.3, 0.4) is 0 Å². The van der Waals surface area contributed by atoms with Crippen LogP contribution in [0.4, 0.5) is 5.82 Å². The molecular formula is C28H32N6O5S. The van der Waals surface area contributed by atoms with E-state index in [1.165, 1.54) is 6.20 Å². The molecule has 1 unspecified atom stereocenters. The highest BCUT2D eigenvalue weighted by Crippen LogP contribution is 2.22. The van der Waals surface area contributed by atoms with Crippen molar-refractivity contribution in [1.29, 1.82) is 0 Å². The maximum Gasteiger partial charge on any atom is 0.326 e. The average molecular weight is 565 g/mol. The normalized spacial score (nSPS) is 12.2. The SMILES string of the molecule is Cc1cc(C)c(S(=O)(=O)NC(CNC(=O)c2cccc3[nH]ncc23)C(=O)OCCCNc2ccccn2)c(C)c1. The van der Waals surface area contributed by atoms with Gasteiger partial charge in [-0.25, -0.2) is 13.4 Å². The van der Waals surface area contributed by atoms with E-state index in [-0.39, 0.29) is 18.0 Å². The van der Waals surface area contributed by atoms with E-state index in [2.05, 4.69) is 30.5 Å². The predicted molar refractivity (Wildman–Crippen MR) is 151 cm³/mol. The highest BCUT2D eigenvalue weighted by atomic mass is 32.2. The quantitative estimate of drug-likeness (QED) is 0.151. The lowest BCUT2D eigenvalue weighted by Crippen LogP contribution is -2.49. The van der Waals surface area contributed by atoms with Gasteiger partial charge in [0.1, 0.15) is 11.9 Å². The lowest BCUT2D eigenvalue weighted by atomic mass is 10.1. The molecule has 4 N–H and O–H groups in total. The van der Waals surface area contributed by atoms with E-state index in [4.69, 9.17) is 4.74 Å². The van der Waals surface area contributed by atoms with Crippen LogP contribution in [0.25, 0.3) is 10.9 Å². The molecule has 0 aliphatic rings. The maximum atomic E-state index is 13.4. The van der Waals surface area contributed by atoms with Crippen LogP contribution in [0.1, 0.15) is 33.5 Å². The van der Waals surface area contributed by atoms with E-state index >= 15 is 0 Å². The number of carbonyl (C=O) groups is 2. The summed E-state index contributed by atoms with van der Waals surface area (Å²) in [6.45, 7) is 5.49. The number of esters is 1. The molecule has 40 heavy (non-hydrogen) atoms. The first-order valence-corrected chi connectivity index (χ1v) is 14.3. The molecule has 4 rings (SSSR count). The number of sulfonamides is 1. The summed E-state index contributed by atoms with van der Waals surface area (Å²) in [6.07, 6.45) is 3.66. The van der Waals surface area contributed by atoms with Crippen molar-refractivity contribution in [2.45, 2.75) is 38.1 Å². The van der Waals surface area contributed by atoms with Gasteiger partial charge in [-0.3, -0.25) is 14.7 Å². The third-order valence-corrected chi connectivity index (χ3v) is 7.96. The van der Waals surface area contributed by atoms with Gasteiger partial charge in [0.05, 0.1) is 28.8 Å². The number of hydrogen-bond acceptors (Lipinski definition) is 8. The van der Waals surface area contributed by atoms with E-state index in [0.29, 0.717) is 46.4 Å². The smallest absolute Gasteiger partial charge is 0.326 e. The van der Waals surface area contributed by atoms with Gasteiger partial charge >= 0.3 is 5.97 Å². The highest BCUT2D eigenvalue weighted by Gasteiger charge is 2.30. The number of aromatic nitrogens is 3. The van der Waals surface area contributed by atoms with Gasteiger partial charge in [0.2, 0.25) is 10.0 Å². The Morgan fingerprint density at radius 3 is 2.55 bits per heavy atom. The number of anilines is 1. The van der Waals surface area contributed by atoms with Gasteiger partial charge in [0, 0.05) is 24.7 Å². The zero-order chi connectivity index (χ0) is 28.7. The molecule has 2 heterocycles. The predicted octanol–water partition coefficient (Wildman–Crippen LogP) is 3.01. The number of hydrogen-bond donors (Lipinski definition) is 4. The van der Waals surface area contributed by atoms with Crippen molar-refractivity contribution < 1.29 is 22.7 Å². The first kappa shape index (κ1) is 28.7. The number of amides is 1. The van der Waals surface area contributed by atoms with Crippen molar-refractivity contribution in [3.05, 3.63) is 83.2 Å². The first-order chi connectivity index (χ1) is 19.2. The zero-order valence-corrected chi connectivity index (χ0v) is 23.3. The van der Waals surface area contributed by atoms with Crippen molar-refractivity contribution in [2.75, 3.05) is 25.0 Å². The van der Waals surface area contributed by atoms with Gasteiger partial charge in [0.25, 0.3) is 5.91 Å². The summed E-state index contributed by atoms with van der Waals surface area (Å²) in [7, 11) is -4.13. The molecule has 2 aromatic heterocycles. The number of pyridine rings is 1. The number of aryl methyl sites for hydroxylation is 3. The molecule has 12 heteroatoms. The fourth-order valence-corrected chi connectivity index (χ4v) is 6.13. The Kier molecular flexibility index (Phi) is 9.12. The Morgan fingerprint density at radius 1 is 1.05 bits per heavy atom. The summed E-state index contributed by atoms with van der Waals surface area (Å²) in [6, 6.07) is 12.7. The van der Waals surface area contributed by atoms with Crippen molar-refractivity contribution in [2.24, 2.45) is 0 Å². The van der Waals surface area contributed by atoms with Crippen LogP contribution in [-0.4, -0.2) is 61.2 Å². The van der Waals surface area contributed by atoms with Crippen LogP contribution < -0.4 is 15.4 Å². The Morgan fingerprint density at radius 2 is 1.82 bits per heavy atom. The molecule has 11 nitrogen and oxygen atoms in total. The number of benzene rings is 2. The van der Waals surface area contributed by atoms with Crippen LogP contribution in [0.2, 0.25) is 0 Å². The molecule has 0 bridgehead atoms. The molecule has 0 saturated heterocycles. The fourth-order valence-electron chi connectivity index (χ4n) is 4.50. The minimum Gasteiger partial charge on any atom is -0.464 e. The Hall–Kier alpha value is -4.29. The van der Waals surface area contributed by atoms with Crippen molar-refractivity contribution in [1.82, 2.24) is 25.2 Å². The molecule has 0 radical (unpaired) electrons. The summed E-state index contributed by atoms with van der Waals surface area (Å²) in [5.74, 6) is -0.587. The zero-order valence-electron chi connectivity index (χ0n) is 22.5. The van der Waals surface area contributed by atoms with E-state index < -0.39 is 27.9 Å². The molecule has 1 atom stereocenters. The van der Waals surface area contributed by atoms with E-state index in [1.54, 1.807) is 50.4 Å². The summed E-state index contributed by atoms with van der Waals surface area (Å²) in [5.41, 5.74) is 3.03. The monoisotopic (exact) mass is 564 g/mol. The topological polar surface area (TPSA) is 155 Å². The van der Waals surface area contributed by atoms with E-state index in [9.17, 15) is 18.0 Å². The summed E-state index contributed by atoms with van der Waals surface area (Å²) in [4.78, 5) is 30.3. The van der Waals surface area contributed by atoms with Crippen LogP contribution in [0.5, 0.6) is 0 Å². The highest BCUT2D eigenvalue weighted by molar-refractivity contribution is 7.89. The molecule has 0 aliphatic carbocycles. The molecule has 0 spiro atoms.